The molecule has 1 saturated carbocycles. The number of ether oxygens (including phenoxy) is 2. The quantitative estimate of drug-likeness (QED) is 0.496. The highest BCUT2D eigenvalue weighted by molar-refractivity contribution is 8.14. The van der Waals surface area contributed by atoms with E-state index in [4.69, 9.17) is 14.5 Å². The third-order valence-electron chi connectivity index (χ3n) is 6.36. The highest BCUT2D eigenvalue weighted by atomic mass is 32.2. The van der Waals surface area contributed by atoms with E-state index in [1.165, 1.54) is 17.3 Å². The van der Waals surface area contributed by atoms with Crippen molar-refractivity contribution in [2.75, 3.05) is 20.0 Å². The largest absolute Gasteiger partial charge is 0.493 e. The van der Waals surface area contributed by atoms with Crippen molar-refractivity contribution in [1.29, 1.82) is 0 Å². The summed E-state index contributed by atoms with van der Waals surface area (Å²) in [6.07, 6.45) is 2.44. The molecule has 176 valence electrons. The Kier molecular flexibility index (Phi) is 7.08. The van der Waals surface area contributed by atoms with Crippen molar-refractivity contribution < 1.29 is 19.1 Å². The molecule has 6 heteroatoms. The molecule has 0 amide bonds. The lowest BCUT2D eigenvalue weighted by atomic mass is 9.76. The topological polar surface area (TPSA) is 65.0 Å². The van der Waals surface area contributed by atoms with Crippen LogP contribution >= 0.6 is 11.8 Å². The average Bonchev–Trinajstić information content (AvgIpc) is 3.13. The van der Waals surface area contributed by atoms with E-state index in [1.807, 2.05) is 69.3 Å². The molecule has 0 N–H and O–H groups in total. The maximum Gasteiger partial charge on any atom is 0.217 e. The molecule has 2 aliphatic rings. The van der Waals surface area contributed by atoms with Gasteiger partial charge in [-0.25, -0.2) is 0 Å². The van der Waals surface area contributed by atoms with E-state index < -0.39 is 11.8 Å². The summed E-state index contributed by atoms with van der Waals surface area (Å²) in [6, 6.07) is 13.7. The van der Waals surface area contributed by atoms with E-state index in [9.17, 15) is 9.59 Å². The van der Waals surface area contributed by atoms with Gasteiger partial charge in [-0.15, -0.1) is 0 Å². The van der Waals surface area contributed by atoms with Gasteiger partial charge in [0, 0.05) is 34.9 Å². The fourth-order valence-electron chi connectivity index (χ4n) is 4.74. The van der Waals surface area contributed by atoms with E-state index in [0.717, 1.165) is 22.4 Å². The first-order valence-electron chi connectivity index (χ1n) is 11.4. The van der Waals surface area contributed by atoms with Crippen LogP contribution in [-0.2, 0) is 9.59 Å². The molecule has 1 heterocycles. The van der Waals surface area contributed by atoms with Crippen molar-refractivity contribution in [2.45, 2.75) is 33.1 Å². The van der Waals surface area contributed by atoms with Gasteiger partial charge in [0.15, 0.2) is 17.3 Å². The molecule has 0 spiro atoms. The zero-order valence-corrected chi connectivity index (χ0v) is 21.0. The summed E-state index contributed by atoms with van der Waals surface area (Å²) < 4.78 is 10.9. The predicted molar refractivity (Wildman–Crippen MR) is 138 cm³/mol. The minimum absolute atomic E-state index is 0.0263. The average molecular weight is 476 g/mol. The molecule has 4 rings (SSSR count). The number of aliphatic imine (C=N–C) groups is 1. The molecular formula is C28H29NO4S. The van der Waals surface area contributed by atoms with Gasteiger partial charge in [-0.3, -0.25) is 14.6 Å². The van der Waals surface area contributed by atoms with Gasteiger partial charge in [-0.2, -0.15) is 0 Å². The molecule has 5 nitrogen and oxygen atoms in total. The number of nitrogens with zero attached hydrogens (tertiary/aromatic N) is 1. The molecule has 34 heavy (non-hydrogen) atoms. The summed E-state index contributed by atoms with van der Waals surface area (Å²) in [6.45, 7) is 5.85. The van der Waals surface area contributed by atoms with Crippen molar-refractivity contribution in [3.8, 4) is 11.5 Å². The number of aryl methyl sites for hydroxylation is 1. The van der Waals surface area contributed by atoms with Crippen molar-refractivity contribution in [3.05, 3.63) is 76.0 Å². The maximum absolute atomic E-state index is 13.8. The van der Waals surface area contributed by atoms with Gasteiger partial charge in [0.2, 0.25) is 5.12 Å². The first-order chi connectivity index (χ1) is 16.4. The summed E-state index contributed by atoms with van der Waals surface area (Å²) in [5, 5.41) is -0.0358. The van der Waals surface area contributed by atoms with Crippen LogP contribution < -0.4 is 9.47 Å². The second-order valence-corrected chi connectivity index (χ2v) is 9.75. The van der Waals surface area contributed by atoms with Crippen LogP contribution in [0.4, 0.5) is 0 Å². The Morgan fingerprint density at radius 1 is 1.06 bits per heavy atom. The van der Waals surface area contributed by atoms with Gasteiger partial charge in [0.25, 0.3) is 0 Å². The van der Waals surface area contributed by atoms with Crippen LogP contribution in [0.25, 0.3) is 6.08 Å². The Bertz CT molecular complexity index is 1220. The number of carbonyl (C=O) groups excluding carboxylic acids is 2. The molecule has 0 radical (unpaired) electrons. The molecule has 0 aromatic heterocycles. The van der Waals surface area contributed by atoms with Crippen molar-refractivity contribution >= 4 is 34.4 Å². The Morgan fingerprint density at radius 3 is 2.41 bits per heavy atom. The molecular weight excluding hydrogens is 446 g/mol. The number of benzene rings is 2. The second kappa shape index (κ2) is 10.0. The first-order valence-corrected chi connectivity index (χ1v) is 12.3. The highest BCUT2D eigenvalue weighted by Gasteiger charge is 2.47. The van der Waals surface area contributed by atoms with Gasteiger partial charge >= 0.3 is 0 Å². The van der Waals surface area contributed by atoms with Crippen LogP contribution in [0.1, 0.15) is 42.9 Å². The minimum Gasteiger partial charge on any atom is -0.493 e. The third-order valence-corrected chi connectivity index (χ3v) is 7.13. The van der Waals surface area contributed by atoms with Gasteiger partial charge in [-0.1, -0.05) is 54.6 Å². The maximum atomic E-state index is 13.8. The Labute approximate surface area is 205 Å². The van der Waals surface area contributed by atoms with Gasteiger partial charge in [-0.05, 0) is 48.9 Å². The van der Waals surface area contributed by atoms with E-state index in [0.29, 0.717) is 34.9 Å². The van der Waals surface area contributed by atoms with E-state index >= 15 is 0 Å². The fourth-order valence-corrected chi connectivity index (χ4v) is 5.43. The molecule has 0 bridgehead atoms. The summed E-state index contributed by atoms with van der Waals surface area (Å²) in [5.41, 5.74) is 5.82. The normalized spacial score (nSPS) is 20.9. The lowest BCUT2D eigenvalue weighted by Gasteiger charge is -2.30. The molecule has 1 fully saturated rings. The summed E-state index contributed by atoms with van der Waals surface area (Å²) >= 11 is 1.25. The molecule has 2 aromatic rings. The second-order valence-electron chi connectivity index (χ2n) is 8.51. The molecule has 2 atom stereocenters. The van der Waals surface area contributed by atoms with Crippen LogP contribution in [0.15, 0.2) is 64.3 Å². The Balaban J connectivity index is 1.82. The molecule has 2 aromatic carbocycles. The number of allylic oxidation sites excluding steroid dienone is 2. The first kappa shape index (κ1) is 24.0. The minimum atomic E-state index is -0.505. The Hall–Kier alpha value is -3.12. The molecule has 2 unspecified atom stereocenters. The number of thioether (sulfide) groups is 1. The number of fused-ring (bicyclic) bond motifs is 1. The van der Waals surface area contributed by atoms with Crippen LogP contribution in [0.5, 0.6) is 11.5 Å². The summed E-state index contributed by atoms with van der Waals surface area (Å²) in [5.74, 6) is 0.924. The lowest BCUT2D eigenvalue weighted by molar-refractivity contribution is -0.117. The van der Waals surface area contributed by atoms with Crippen LogP contribution in [-0.4, -0.2) is 36.6 Å². The summed E-state index contributed by atoms with van der Waals surface area (Å²) in [4.78, 5) is 31.8. The molecule has 0 saturated heterocycles. The lowest BCUT2D eigenvalue weighted by Crippen LogP contribution is -2.31. The number of rotatable bonds is 6. The van der Waals surface area contributed by atoms with Gasteiger partial charge in [0.05, 0.1) is 20.1 Å². The predicted octanol–water partition coefficient (Wildman–Crippen LogP) is 5.78. The Morgan fingerprint density at radius 2 is 1.76 bits per heavy atom. The smallest absolute Gasteiger partial charge is 0.217 e. The molecule has 1 aliphatic heterocycles. The van der Waals surface area contributed by atoms with Gasteiger partial charge < -0.3 is 9.47 Å². The highest BCUT2D eigenvalue weighted by Crippen LogP contribution is 2.47. The van der Waals surface area contributed by atoms with Crippen LogP contribution in [0.2, 0.25) is 0 Å². The van der Waals surface area contributed by atoms with E-state index in [2.05, 4.69) is 0 Å². The SMILES string of the molecule is CCSC(=O)C1=C(C)N=C2C/C(=C/c3ccc(C)cc3)C(=O)C2C1c1ccc(OC)c(OC)c1. The standard InChI is InChI=1S/C28H29NO4S/c1-6-34-28(31)24-17(3)29-21-14-20(13-18-9-7-16(2)8-10-18)27(30)26(21)25(24)19-11-12-22(32-4)23(15-19)33-5/h7-13,15,25-26H,6,14H2,1-5H3/b20-13-. The van der Waals surface area contributed by atoms with Crippen molar-refractivity contribution in [1.82, 2.24) is 0 Å². The van der Waals surface area contributed by atoms with Gasteiger partial charge in [0.1, 0.15) is 0 Å². The zero-order valence-electron chi connectivity index (χ0n) is 20.2. The zero-order chi connectivity index (χ0) is 24.4. The number of ketones is 1. The number of carbonyl (C=O) groups is 2. The van der Waals surface area contributed by atoms with E-state index in [-0.39, 0.29) is 10.9 Å². The monoisotopic (exact) mass is 475 g/mol. The number of methoxy groups -OCH3 is 2. The van der Waals surface area contributed by atoms with Crippen LogP contribution in [0, 0.1) is 12.8 Å². The number of hydrogen-bond acceptors (Lipinski definition) is 6. The molecule has 1 aliphatic carbocycles. The third kappa shape index (κ3) is 4.47. The van der Waals surface area contributed by atoms with Crippen LogP contribution in [0.3, 0.4) is 0 Å². The summed E-state index contributed by atoms with van der Waals surface area (Å²) in [7, 11) is 3.17. The van der Waals surface area contributed by atoms with E-state index in [1.54, 1.807) is 14.2 Å². The number of Topliss-reactive ketones (excluding diaryl/α,β-unsaturated/α-hetero) is 1. The van der Waals surface area contributed by atoms with Crippen molar-refractivity contribution in [3.63, 3.8) is 0 Å². The number of hydrogen-bond donors (Lipinski definition) is 0. The van der Waals surface area contributed by atoms with Crippen molar-refractivity contribution in [2.24, 2.45) is 10.9 Å². The fraction of sp³-hybridized carbons (Fsp3) is 0.321.